The molecular formula is C11H15NO. The third-order valence-electron chi connectivity index (χ3n) is 2.79. The van der Waals surface area contributed by atoms with Crippen LogP contribution in [-0.2, 0) is 6.42 Å². The Morgan fingerprint density at radius 1 is 1.46 bits per heavy atom. The number of fused-ring (bicyclic) bond motifs is 1. The number of aromatic hydroxyl groups is 1. The standard InChI is InChI=1S/C11H15NO/c1-7-5-9(13)6-8-3-2-4-10(12)11(7)8/h5-6,10,13H,2-4,12H2,1H3. The minimum Gasteiger partial charge on any atom is -0.508 e. The van der Waals surface area contributed by atoms with Crippen LogP contribution in [0.4, 0.5) is 0 Å². The summed E-state index contributed by atoms with van der Waals surface area (Å²) in [5.41, 5.74) is 9.63. The summed E-state index contributed by atoms with van der Waals surface area (Å²) >= 11 is 0. The first kappa shape index (κ1) is 8.57. The molecule has 2 heteroatoms. The molecule has 0 radical (unpaired) electrons. The molecule has 13 heavy (non-hydrogen) atoms. The van der Waals surface area contributed by atoms with E-state index >= 15 is 0 Å². The molecule has 0 heterocycles. The second-order valence-electron chi connectivity index (χ2n) is 3.83. The fourth-order valence-corrected chi connectivity index (χ4v) is 2.24. The Morgan fingerprint density at radius 3 is 3.00 bits per heavy atom. The molecule has 1 aliphatic carbocycles. The maximum absolute atomic E-state index is 9.41. The molecule has 2 nitrogen and oxygen atoms in total. The molecule has 3 N–H and O–H groups in total. The normalized spacial score (nSPS) is 21.2. The minimum atomic E-state index is 0.171. The highest BCUT2D eigenvalue weighted by Gasteiger charge is 2.19. The van der Waals surface area contributed by atoms with E-state index in [1.165, 1.54) is 11.1 Å². The van der Waals surface area contributed by atoms with Crippen molar-refractivity contribution in [1.29, 1.82) is 0 Å². The van der Waals surface area contributed by atoms with Crippen LogP contribution in [0, 0.1) is 6.92 Å². The van der Waals surface area contributed by atoms with Gasteiger partial charge in [0.25, 0.3) is 0 Å². The van der Waals surface area contributed by atoms with E-state index in [1.807, 2.05) is 13.0 Å². The zero-order valence-electron chi connectivity index (χ0n) is 7.88. The Kier molecular flexibility index (Phi) is 2.00. The summed E-state index contributed by atoms with van der Waals surface area (Å²) in [7, 11) is 0. The van der Waals surface area contributed by atoms with Gasteiger partial charge >= 0.3 is 0 Å². The summed E-state index contributed by atoms with van der Waals surface area (Å²) in [6.45, 7) is 2.02. The SMILES string of the molecule is Cc1cc(O)cc2c1C(N)CCC2. The van der Waals surface area contributed by atoms with E-state index in [2.05, 4.69) is 0 Å². The van der Waals surface area contributed by atoms with E-state index in [0.29, 0.717) is 5.75 Å². The molecule has 0 saturated heterocycles. The second-order valence-corrected chi connectivity index (χ2v) is 3.83. The number of aryl methyl sites for hydroxylation is 2. The largest absolute Gasteiger partial charge is 0.508 e. The molecule has 1 aromatic carbocycles. The molecule has 0 fully saturated rings. The van der Waals surface area contributed by atoms with Crippen molar-refractivity contribution in [3.8, 4) is 5.75 Å². The summed E-state index contributed by atoms with van der Waals surface area (Å²) in [6.07, 6.45) is 3.26. The third-order valence-corrected chi connectivity index (χ3v) is 2.79. The Balaban J connectivity index is 2.56. The fraction of sp³-hybridized carbons (Fsp3) is 0.455. The highest BCUT2D eigenvalue weighted by molar-refractivity contribution is 5.44. The van der Waals surface area contributed by atoms with Crippen LogP contribution in [0.15, 0.2) is 12.1 Å². The lowest BCUT2D eigenvalue weighted by atomic mass is 9.85. The molecule has 1 aliphatic rings. The quantitative estimate of drug-likeness (QED) is 0.637. The molecule has 0 amide bonds. The van der Waals surface area contributed by atoms with Crippen molar-refractivity contribution in [1.82, 2.24) is 0 Å². The average Bonchev–Trinajstić information content (AvgIpc) is 2.02. The summed E-state index contributed by atoms with van der Waals surface area (Å²) in [4.78, 5) is 0. The Labute approximate surface area is 78.4 Å². The van der Waals surface area contributed by atoms with Crippen molar-refractivity contribution in [2.75, 3.05) is 0 Å². The number of phenolic OH excluding ortho intramolecular Hbond substituents is 1. The van der Waals surface area contributed by atoms with Gasteiger partial charge in [-0.25, -0.2) is 0 Å². The van der Waals surface area contributed by atoms with Gasteiger partial charge in [0.15, 0.2) is 0 Å². The van der Waals surface area contributed by atoms with E-state index in [9.17, 15) is 5.11 Å². The minimum absolute atomic E-state index is 0.171. The van der Waals surface area contributed by atoms with Crippen LogP contribution >= 0.6 is 0 Å². The van der Waals surface area contributed by atoms with Crippen molar-refractivity contribution in [2.24, 2.45) is 5.73 Å². The van der Waals surface area contributed by atoms with E-state index in [4.69, 9.17) is 5.73 Å². The molecule has 2 rings (SSSR count). The van der Waals surface area contributed by atoms with Crippen LogP contribution in [0.2, 0.25) is 0 Å². The van der Waals surface area contributed by atoms with Crippen LogP contribution in [0.3, 0.4) is 0 Å². The molecule has 0 aliphatic heterocycles. The predicted molar refractivity (Wildman–Crippen MR) is 52.7 cm³/mol. The smallest absolute Gasteiger partial charge is 0.116 e. The van der Waals surface area contributed by atoms with Gasteiger partial charge in [0.05, 0.1) is 0 Å². The number of rotatable bonds is 0. The first-order valence-electron chi connectivity index (χ1n) is 4.76. The first-order valence-corrected chi connectivity index (χ1v) is 4.76. The molecule has 0 spiro atoms. The number of hydrogen-bond donors (Lipinski definition) is 2. The van der Waals surface area contributed by atoms with Crippen molar-refractivity contribution >= 4 is 0 Å². The van der Waals surface area contributed by atoms with Gasteiger partial charge < -0.3 is 10.8 Å². The lowest BCUT2D eigenvalue weighted by Crippen LogP contribution is -2.18. The summed E-state index contributed by atoms with van der Waals surface area (Å²) < 4.78 is 0. The summed E-state index contributed by atoms with van der Waals surface area (Å²) in [5.74, 6) is 0.366. The van der Waals surface area contributed by atoms with Crippen molar-refractivity contribution in [3.05, 3.63) is 28.8 Å². The Morgan fingerprint density at radius 2 is 2.23 bits per heavy atom. The lowest BCUT2D eigenvalue weighted by molar-refractivity contribution is 0.470. The van der Waals surface area contributed by atoms with Gasteiger partial charge in [-0.1, -0.05) is 0 Å². The van der Waals surface area contributed by atoms with Crippen LogP contribution in [-0.4, -0.2) is 5.11 Å². The molecule has 1 aromatic rings. The topological polar surface area (TPSA) is 46.2 Å². The predicted octanol–water partition coefficient (Wildman–Crippen LogP) is 2.04. The van der Waals surface area contributed by atoms with Gasteiger partial charge in [-0.05, 0) is 55.0 Å². The number of phenols is 1. The Bertz CT molecular complexity index is 333. The zero-order valence-corrected chi connectivity index (χ0v) is 7.88. The van der Waals surface area contributed by atoms with Crippen LogP contribution in [0.1, 0.15) is 35.6 Å². The number of benzene rings is 1. The van der Waals surface area contributed by atoms with Gasteiger partial charge in [-0.15, -0.1) is 0 Å². The van der Waals surface area contributed by atoms with Gasteiger partial charge in [-0.2, -0.15) is 0 Å². The second kappa shape index (κ2) is 3.04. The van der Waals surface area contributed by atoms with Crippen LogP contribution in [0.5, 0.6) is 5.75 Å². The fourth-order valence-electron chi connectivity index (χ4n) is 2.24. The molecule has 1 atom stereocenters. The van der Waals surface area contributed by atoms with E-state index in [0.717, 1.165) is 24.8 Å². The first-order chi connectivity index (χ1) is 6.18. The van der Waals surface area contributed by atoms with Crippen LogP contribution in [0.25, 0.3) is 0 Å². The van der Waals surface area contributed by atoms with Crippen molar-refractivity contribution < 1.29 is 5.11 Å². The maximum atomic E-state index is 9.41. The Hall–Kier alpha value is -1.02. The van der Waals surface area contributed by atoms with Gasteiger partial charge in [0, 0.05) is 6.04 Å². The molecular weight excluding hydrogens is 162 g/mol. The summed E-state index contributed by atoms with van der Waals surface area (Å²) in [6, 6.07) is 3.81. The maximum Gasteiger partial charge on any atom is 0.116 e. The van der Waals surface area contributed by atoms with E-state index < -0.39 is 0 Å². The molecule has 1 unspecified atom stereocenters. The third kappa shape index (κ3) is 1.42. The lowest BCUT2D eigenvalue weighted by Gasteiger charge is -2.24. The zero-order chi connectivity index (χ0) is 9.42. The molecule has 70 valence electrons. The van der Waals surface area contributed by atoms with Gasteiger partial charge in [0.2, 0.25) is 0 Å². The van der Waals surface area contributed by atoms with Gasteiger partial charge in [0.1, 0.15) is 5.75 Å². The molecule has 0 saturated carbocycles. The van der Waals surface area contributed by atoms with E-state index in [1.54, 1.807) is 6.07 Å². The average molecular weight is 177 g/mol. The molecule has 0 aromatic heterocycles. The van der Waals surface area contributed by atoms with Crippen molar-refractivity contribution in [2.45, 2.75) is 32.2 Å². The highest BCUT2D eigenvalue weighted by atomic mass is 16.3. The summed E-state index contributed by atoms with van der Waals surface area (Å²) in [5, 5.41) is 9.41. The van der Waals surface area contributed by atoms with E-state index in [-0.39, 0.29) is 6.04 Å². The molecule has 0 bridgehead atoms. The number of hydrogen-bond acceptors (Lipinski definition) is 2. The highest BCUT2D eigenvalue weighted by Crippen LogP contribution is 2.33. The number of nitrogens with two attached hydrogens (primary N) is 1. The van der Waals surface area contributed by atoms with Crippen LogP contribution < -0.4 is 5.73 Å². The monoisotopic (exact) mass is 177 g/mol. The van der Waals surface area contributed by atoms with Crippen molar-refractivity contribution in [3.63, 3.8) is 0 Å². The van der Waals surface area contributed by atoms with Gasteiger partial charge in [-0.3, -0.25) is 0 Å².